The summed E-state index contributed by atoms with van der Waals surface area (Å²) >= 11 is 6.49. The smallest absolute Gasteiger partial charge is 0.276 e. The molecule has 0 radical (unpaired) electrons. The molecule has 2 amide bonds. The maximum Gasteiger partial charge on any atom is 0.276 e. The standard InChI is InChI=1S/C17H19ClN4O2/c1-10-7-12(11-3-4-11)8-13-15(18)16(20-22(10)13)17(24)21-6-2-5-19-14(23)9-21/h7-8,11H,2-6,9H2,1H3,(H,19,23). The number of carbonyl (C=O) groups excluding carboxylic acids is 2. The molecule has 0 atom stereocenters. The van der Waals surface area contributed by atoms with E-state index in [0.717, 1.165) is 17.6 Å². The Morgan fingerprint density at radius 3 is 2.92 bits per heavy atom. The topological polar surface area (TPSA) is 66.7 Å². The zero-order chi connectivity index (χ0) is 16.8. The van der Waals surface area contributed by atoms with Crippen LogP contribution in [0.4, 0.5) is 0 Å². The molecular weight excluding hydrogens is 328 g/mol. The van der Waals surface area contributed by atoms with Gasteiger partial charge in [-0.3, -0.25) is 9.59 Å². The minimum atomic E-state index is -0.284. The highest BCUT2D eigenvalue weighted by Gasteiger charge is 2.29. The molecule has 1 aliphatic heterocycles. The molecule has 6 nitrogen and oxygen atoms in total. The maximum absolute atomic E-state index is 12.8. The van der Waals surface area contributed by atoms with E-state index in [4.69, 9.17) is 11.6 Å². The van der Waals surface area contributed by atoms with Gasteiger partial charge in [0.2, 0.25) is 5.91 Å². The number of fused-ring (bicyclic) bond motifs is 1. The van der Waals surface area contributed by atoms with E-state index in [2.05, 4.69) is 16.5 Å². The number of amides is 2. The number of hydrogen-bond donors (Lipinski definition) is 1. The van der Waals surface area contributed by atoms with Crippen LogP contribution in [0.1, 0.15) is 46.9 Å². The second-order valence-corrected chi connectivity index (χ2v) is 6.97. The van der Waals surface area contributed by atoms with Crippen molar-refractivity contribution in [3.63, 3.8) is 0 Å². The summed E-state index contributed by atoms with van der Waals surface area (Å²) in [5.41, 5.74) is 3.21. The van der Waals surface area contributed by atoms with E-state index >= 15 is 0 Å². The van der Waals surface area contributed by atoms with Gasteiger partial charge < -0.3 is 10.2 Å². The molecule has 24 heavy (non-hydrogen) atoms. The first-order chi connectivity index (χ1) is 11.5. The van der Waals surface area contributed by atoms with Crippen molar-refractivity contribution < 1.29 is 9.59 Å². The minimum Gasteiger partial charge on any atom is -0.354 e. The summed E-state index contributed by atoms with van der Waals surface area (Å²) in [6, 6.07) is 4.15. The fourth-order valence-corrected chi connectivity index (χ4v) is 3.48. The van der Waals surface area contributed by atoms with Gasteiger partial charge >= 0.3 is 0 Å². The molecule has 0 bridgehead atoms. The lowest BCUT2D eigenvalue weighted by atomic mass is 10.1. The van der Waals surface area contributed by atoms with Gasteiger partial charge in [-0.05, 0) is 49.8 Å². The lowest BCUT2D eigenvalue weighted by Crippen LogP contribution is -2.37. The van der Waals surface area contributed by atoms with Gasteiger partial charge in [-0.15, -0.1) is 0 Å². The molecule has 2 aromatic heterocycles. The van der Waals surface area contributed by atoms with E-state index in [1.807, 2.05) is 13.0 Å². The van der Waals surface area contributed by atoms with E-state index < -0.39 is 0 Å². The second-order valence-electron chi connectivity index (χ2n) is 6.59. The lowest BCUT2D eigenvalue weighted by Gasteiger charge is -2.17. The van der Waals surface area contributed by atoms with Gasteiger partial charge in [0.1, 0.15) is 0 Å². The Balaban J connectivity index is 1.73. The average molecular weight is 347 g/mol. The number of aromatic nitrogens is 2. The van der Waals surface area contributed by atoms with Crippen LogP contribution in [0.3, 0.4) is 0 Å². The van der Waals surface area contributed by atoms with Crippen LogP contribution in [-0.4, -0.2) is 46.0 Å². The third-order valence-corrected chi connectivity index (χ3v) is 5.05. The van der Waals surface area contributed by atoms with Crippen molar-refractivity contribution in [1.29, 1.82) is 0 Å². The molecule has 2 fully saturated rings. The Morgan fingerprint density at radius 1 is 1.38 bits per heavy atom. The Kier molecular flexibility index (Phi) is 3.72. The third kappa shape index (κ3) is 2.65. The van der Waals surface area contributed by atoms with Gasteiger partial charge in [0.25, 0.3) is 5.91 Å². The van der Waals surface area contributed by atoms with E-state index in [0.29, 0.717) is 24.0 Å². The van der Waals surface area contributed by atoms with Crippen molar-refractivity contribution in [1.82, 2.24) is 19.8 Å². The Morgan fingerprint density at radius 2 is 2.17 bits per heavy atom. The van der Waals surface area contributed by atoms with Crippen molar-refractivity contribution in [2.24, 2.45) is 0 Å². The molecule has 1 saturated heterocycles. The van der Waals surface area contributed by atoms with E-state index in [1.165, 1.54) is 23.3 Å². The van der Waals surface area contributed by atoms with Crippen molar-refractivity contribution in [3.05, 3.63) is 34.1 Å². The maximum atomic E-state index is 12.8. The zero-order valence-electron chi connectivity index (χ0n) is 13.5. The Bertz CT molecular complexity index is 841. The molecule has 0 spiro atoms. The molecule has 7 heteroatoms. The van der Waals surface area contributed by atoms with Gasteiger partial charge in [-0.2, -0.15) is 5.10 Å². The van der Waals surface area contributed by atoms with Crippen molar-refractivity contribution in [3.8, 4) is 0 Å². The van der Waals surface area contributed by atoms with Gasteiger partial charge in [0, 0.05) is 18.8 Å². The number of pyridine rings is 1. The Hall–Kier alpha value is -2.08. The van der Waals surface area contributed by atoms with Gasteiger partial charge in [0.05, 0.1) is 17.1 Å². The quantitative estimate of drug-likeness (QED) is 0.906. The predicted molar refractivity (Wildman–Crippen MR) is 90.4 cm³/mol. The van der Waals surface area contributed by atoms with Crippen LogP contribution < -0.4 is 5.32 Å². The third-order valence-electron chi connectivity index (χ3n) is 4.67. The summed E-state index contributed by atoms with van der Waals surface area (Å²) < 4.78 is 1.72. The number of rotatable bonds is 2. The number of nitrogens with one attached hydrogen (secondary N) is 1. The first-order valence-corrected chi connectivity index (χ1v) is 8.67. The van der Waals surface area contributed by atoms with Gasteiger partial charge in [-0.1, -0.05) is 11.6 Å². The molecule has 2 aromatic rings. The first kappa shape index (κ1) is 15.4. The van der Waals surface area contributed by atoms with Crippen LogP contribution in [-0.2, 0) is 4.79 Å². The SMILES string of the molecule is Cc1cc(C2CC2)cc2c(Cl)c(C(=O)N3CCCNC(=O)C3)nn12. The average Bonchev–Trinajstić information content (AvgIpc) is 3.36. The molecule has 4 rings (SSSR count). The zero-order valence-corrected chi connectivity index (χ0v) is 14.3. The second kappa shape index (κ2) is 5.77. The number of nitrogens with zero attached hydrogens (tertiary/aromatic N) is 3. The van der Waals surface area contributed by atoms with Crippen LogP contribution in [0.25, 0.3) is 5.52 Å². The van der Waals surface area contributed by atoms with Crippen molar-refractivity contribution >= 4 is 28.9 Å². The molecule has 0 aromatic carbocycles. The fourth-order valence-electron chi connectivity index (χ4n) is 3.23. The highest BCUT2D eigenvalue weighted by atomic mass is 35.5. The molecular formula is C17H19ClN4O2. The molecule has 1 N–H and O–H groups in total. The van der Waals surface area contributed by atoms with Crippen LogP contribution in [0, 0.1) is 6.92 Å². The molecule has 1 saturated carbocycles. The minimum absolute atomic E-state index is 0.0509. The number of carbonyl (C=O) groups is 2. The summed E-state index contributed by atoms with van der Waals surface area (Å²) in [5.74, 6) is 0.175. The van der Waals surface area contributed by atoms with Gasteiger partial charge in [0.15, 0.2) is 5.69 Å². The van der Waals surface area contributed by atoms with Gasteiger partial charge in [-0.25, -0.2) is 4.52 Å². The van der Waals surface area contributed by atoms with Crippen molar-refractivity contribution in [2.45, 2.75) is 32.1 Å². The summed E-state index contributed by atoms with van der Waals surface area (Å²) in [6.45, 7) is 3.13. The highest BCUT2D eigenvalue weighted by Crippen LogP contribution is 2.41. The van der Waals surface area contributed by atoms with Crippen LogP contribution in [0.15, 0.2) is 12.1 Å². The largest absolute Gasteiger partial charge is 0.354 e. The molecule has 126 valence electrons. The highest BCUT2D eigenvalue weighted by molar-refractivity contribution is 6.36. The van der Waals surface area contributed by atoms with E-state index in [1.54, 1.807) is 4.52 Å². The number of halogens is 1. The number of hydrogen-bond acceptors (Lipinski definition) is 3. The molecule has 3 heterocycles. The number of aryl methyl sites for hydroxylation is 1. The Labute approximate surface area is 144 Å². The molecule has 1 aliphatic carbocycles. The van der Waals surface area contributed by atoms with Crippen molar-refractivity contribution in [2.75, 3.05) is 19.6 Å². The summed E-state index contributed by atoms with van der Waals surface area (Å²) in [7, 11) is 0. The normalized spacial score (nSPS) is 18.6. The van der Waals surface area contributed by atoms with E-state index in [9.17, 15) is 9.59 Å². The van der Waals surface area contributed by atoms with E-state index in [-0.39, 0.29) is 24.1 Å². The monoisotopic (exact) mass is 346 g/mol. The molecule has 0 unspecified atom stereocenters. The fraction of sp³-hybridized carbons (Fsp3) is 0.471. The van der Waals surface area contributed by atoms with Crippen LogP contribution >= 0.6 is 11.6 Å². The first-order valence-electron chi connectivity index (χ1n) is 8.29. The van der Waals surface area contributed by atoms with Crippen LogP contribution in [0.5, 0.6) is 0 Å². The van der Waals surface area contributed by atoms with Crippen LogP contribution in [0.2, 0.25) is 5.02 Å². The lowest BCUT2D eigenvalue weighted by molar-refractivity contribution is -0.121. The predicted octanol–water partition coefficient (Wildman–Crippen LogP) is 2.14. The summed E-state index contributed by atoms with van der Waals surface area (Å²) in [5, 5.41) is 7.56. The summed E-state index contributed by atoms with van der Waals surface area (Å²) in [4.78, 5) is 26.0. The molecule has 2 aliphatic rings. The summed E-state index contributed by atoms with van der Waals surface area (Å²) in [6.07, 6.45) is 3.14.